The quantitative estimate of drug-likeness (QED) is 0.599. The summed E-state index contributed by atoms with van der Waals surface area (Å²) in [5, 5.41) is 41.2. The summed E-state index contributed by atoms with van der Waals surface area (Å²) in [5.74, 6) is 0.458. The Morgan fingerprint density at radius 2 is 1.76 bits per heavy atom. The predicted octanol–water partition coefficient (Wildman–Crippen LogP) is 1.55. The summed E-state index contributed by atoms with van der Waals surface area (Å²) in [6, 6.07) is 11.8. The topological polar surface area (TPSA) is 99.4 Å². The van der Waals surface area contributed by atoms with Gasteiger partial charge in [-0.05, 0) is 41.7 Å². The van der Waals surface area contributed by atoms with Crippen molar-refractivity contribution in [3.8, 4) is 5.75 Å². The van der Waals surface area contributed by atoms with Gasteiger partial charge in [-0.1, -0.05) is 42.8 Å². The molecule has 156 valence electrons. The highest BCUT2D eigenvalue weighted by Gasteiger charge is 2.58. The summed E-state index contributed by atoms with van der Waals surface area (Å²) >= 11 is 6.48. The Bertz CT molecular complexity index is 884. The molecule has 29 heavy (non-hydrogen) atoms. The summed E-state index contributed by atoms with van der Waals surface area (Å²) in [7, 11) is 0. The van der Waals surface area contributed by atoms with Crippen molar-refractivity contribution in [2.24, 2.45) is 0 Å². The van der Waals surface area contributed by atoms with Gasteiger partial charge >= 0.3 is 0 Å². The molecular weight excluding hydrogens is 396 g/mol. The molecule has 7 heteroatoms. The van der Waals surface area contributed by atoms with Crippen LogP contribution in [0.1, 0.15) is 29.2 Å². The van der Waals surface area contributed by atoms with E-state index in [1.165, 1.54) is 5.56 Å². The Morgan fingerprint density at radius 1 is 1.07 bits per heavy atom. The lowest BCUT2D eigenvalue weighted by molar-refractivity contribution is -0.280. The molecule has 0 radical (unpaired) electrons. The van der Waals surface area contributed by atoms with E-state index in [-0.39, 0.29) is 6.61 Å². The van der Waals surface area contributed by atoms with Gasteiger partial charge in [-0.2, -0.15) is 0 Å². The molecule has 6 nitrogen and oxygen atoms in total. The Morgan fingerprint density at radius 3 is 2.41 bits per heavy atom. The summed E-state index contributed by atoms with van der Waals surface area (Å²) in [6.45, 7) is 1.56. The van der Waals surface area contributed by atoms with Gasteiger partial charge in [0, 0.05) is 10.6 Å². The van der Waals surface area contributed by atoms with E-state index < -0.39 is 36.6 Å². The number of aliphatic hydroxyl groups excluding tert-OH is 4. The van der Waals surface area contributed by atoms with Crippen molar-refractivity contribution in [3.05, 3.63) is 63.7 Å². The van der Waals surface area contributed by atoms with E-state index in [1.807, 2.05) is 6.07 Å². The summed E-state index contributed by atoms with van der Waals surface area (Å²) in [5.41, 5.74) is 2.34. The number of benzene rings is 2. The van der Waals surface area contributed by atoms with Crippen LogP contribution in [0.15, 0.2) is 36.4 Å². The van der Waals surface area contributed by atoms with E-state index in [4.69, 9.17) is 21.1 Å². The minimum absolute atomic E-state index is 0.0469. The molecule has 0 aromatic heterocycles. The number of aryl methyl sites for hydroxylation is 1. The van der Waals surface area contributed by atoms with Crippen molar-refractivity contribution in [2.45, 2.75) is 49.8 Å². The molecule has 2 aliphatic heterocycles. The van der Waals surface area contributed by atoms with Gasteiger partial charge in [0.2, 0.25) is 0 Å². The van der Waals surface area contributed by atoms with Crippen LogP contribution in [0.2, 0.25) is 5.02 Å². The van der Waals surface area contributed by atoms with Crippen molar-refractivity contribution in [2.75, 3.05) is 13.2 Å². The van der Waals surface area contributed by atoms with Gasteiger partial charge in [0.1, 0.15) is 36.8 Å². The van der Waals surface area contributed by atoms with Crippen molar-refractivity contribution in [3.63, 3.8) is 0 Å². The molecule has 2 aliphatic rings. The fraction of sp³-hybridized carbons (Fsp3) is 0.455. The van der Waals surface area contributed by atoms with Gasteiger partial charge in [-0.15, -0.1) is 0 Å². The Hall–Kier alpha value is -1.67. The molecule has 5 atom stereocenters. The molecule has 1 saturated heterocycles. The molecule has 2 aromatic rings. The Balaban J connectivity index is 1.71. The highest BCUT2D eigenvalue weighted by Crippen LogP contribution is 2.48. The van der Waals surface area contributed by atoms with Gasteiger partial charge in [0.05, 0.1) is 6.61 Å². The van der Waals surface area contributed by atoms with Crippen LogP contribution in [0.4, 0.5) is 0 Å². The maximum Gasteiger partial charge on any atom is 0.159 e. The molecule has 1 fully saturated rings. The van der Waals surface area contributed by atoms with Crippen LogP contribution in [0, 0.1) is 0 Å². The normalized spacial score (nSPS) is 31.0. The van der Waals surface area contributed by atoms with Crippen LogP contribution in [-0.4, -0.2) is 58.1 Å². The van der Waals surface area contributed by atoms with Crippen LogP contribution >= 0.6 is 11.6 Å². The second-order valence-corrected chi connectivity index (χ2v) is 8.14. The number of aliphatic hydroxyl groups is 4. The third-order valence-corrected chi connectivity index (χ3v) is 6.30. The molecule has 2 heterocycles. The highest BCUT2D eigenvalue weighted by molar-refractivity contribution is 6.31. The molecule has 3 unspecified atom stereocenters. The zero-order chi connectivity index (χ0) is 20.8. The van der Waals surface area contributed by atoms with E-state index in [0.717, 1.165) is 17.5 Å². The first-order chi connectivity index (χ1) is 13.9. The van der Waals surface area contributed by atoms with Crippen LogP contribution in [0.3, 0.4) is 0 Å². The monoisotopic (exact) mass is 420 g/mol. The molecule has 0 aliphatic carbocycles. The van der Waals surface area contributed by atoms with Crippen LogP contribution in [-0.2, 0) is 23.2 Å². The zero-order valence-corrected chi connectivity index (χ0v) is 16.8. The molecule has 0 saturated carbocycles. The fourth-order valence-corrected chi connectivity index (χ4v) is 4.36. The lowest BCUT2D eigenvalue weighted by atomic mass is 9.80. The first-order valence-corrected chi connectivity index (χ1v) is 10.1. The largest absolute Gasteiger partial charge is 0.490 e. The Kier molecular flexibility index (Phi) is 5.59. The molecule has 2 aromatic carbocycles. The molecule has 4 rings (SSSR count). The summed E-state index contributed by atoms with van der Waals surface area (Å²) in [6.07, 6.45) is -3.78. The third-order valence-electron chi connectivity index (χ3n) is 5.95. The smallest absolute Gasteiger partial charge is 0.159 e. The summed E-state index contributed by atoms with van der Waals surface area (Å²) < 4.78 is 11.6. The predicted molar refractivity (Wildman–Crippen MR) is 107 cm³/mol. The molecule has 1 spiro atoms. The van der Waals surface area contributed by atoms with Crippen LogP contribution in [0.25, 0.3) is 0 Å². The Labute approximate surface area is 174 Å². The molecule has 0 bridgehead atoms. The van der Waals surface area contributed by atoms with E-state index in [9.17, 15) is 20.4 Å². The first kappa shape index (κ1) is 20.6. The first-order valence-electron chi connectivity index (χ1n) is 9.76. The lowest BCUT2D eigenvalue weighted by Gasteiger charge is -2.46. The zero-order valence-electron chi connectivity index (χ0n) is 16.1. The molecular formula is C22H25ClO6. The highest BCUT2D eigenvalue weighted by atomic mass is 35.5. The fourth-order valence-electron chi connectivity index (χ4n) is 4.14. The number of fused-ring (bicyclic) bond motifs is 2. The van der Waals surface area contributed by atoms with E-state index in [2.05, 4.69) is 31.2 Å². The van der Waals surface area contributed by atoms with E-state index >= 15 is 0 Å². The third kappa shape index (κ3) is 3.44. The van der Waals surface area contributed by atoms with Gasteiger partial charge in [-0.25, -0.2) is 0 Å². The molecule has 0 amide bonds. The molecule has 4 N–H and O–H groups in total. The minimum atomic E-state index is -1.48. The van der Waals surface area contributed by atoms with Crippen molar-refractivity contribution >= 4 is 11.6 Å². The number of ether oxygens (including phenoxy) is 2. The number of hydrogen-bond acceptors (Lipinski definition) is 6. The number of halogens is 1. The van der Waals surface area contributed by atoms with Crippen LogP contribution in [0.5, 0.6) is 5.75 Å². The maximum absolute atomic E-state index is 10.7. The summed E-state index contributed by atoms with van der Waals surface area (Å²) in [4.78, 5) is 0. The SMILES string of the molecule is CCc1ccc(Cc2cc3c(cc2Cl)OC[C@]32O[C@H](CO)C(O)C(O)C2O)cc1. The standard InChI is InChI=1S/C22H25ClO6/c1-2-12-3-5-13(6-4-12)7-14-8-15-17(9-16(14)23)28-11-22(15)21(27)20(26)19(25)18(10-24)29-22/h3-6,8-9,18-21,24-27H,2,7,10-11H2,1H3/t18-,19?,20?,21?,22+/m1/s1. The second-order valence-electron chi connectivity index (χ2n) is 7.73. The van der Waals surface area contributed by atoms with Crippen LogP contribution < -0.4 is 4.74 Å². The van der Waals surface area contributed by atoms with Gasteiger partial charge in [0.15, 0.2) is 5.60 Å². The number of hydrogen-bond donors (Lipinski definition) is 4. The average Bonchev–Trinajstić information content (AvgIpc) is 3.08. The van der Waals surface area contributed by atoms with Crippen molar-refractivity contribution in [1.29, 1.82) is 0 Å². The van der Waals surface area contributed by atoms with Gasteiger partial charge < -0.3 is 29.9 Å². The maximum atomic E-state index is 10.7. The van der Waals surface area contributed by atoms with Crippen molar-refractivity contribution < 1.29 is 29.9 Å². The second kappa shape index (κ2) is 7.87. The van der Waals surface area contributed by atoms with Gasteiger partial charge in [0.25, 0.3) is 0 Å². The average molecular weight is 421 g/mol. The minimum Gasteiger partial charge on any atom is -0.490 e. The van der Waals surface area contributed by atoms with E-state index in [0.29, 0.717) is 22.8 Å². The van der Waals surface area contributed by atoms with Gasteiger partial charge in [-0.3, -0.25) is 0 Å². The van der Waals surface area contributed by atoms with Crippen molar-refractivity contribution in [1.82, 2.24) is 0 Å². The number of rotatable bonds is 4. The van der Waals surface area contributed by atoms with E-state index in [1.54, 1.807) is 6.07 Å². The lowest BCUT2D eigenvalue weighted by Crippen LogP contribution is -2.64.